The number of amides is 1. The summed E-state index contributed by atoms with van der Waals surface area (Å²) in [6.45, 7) is 3.84. The van der Waals surface area contributed by atoms with Crippen LogP contribution in [0, 0.1) is 0 Å². The Morgan fingerprint density at radius 3 is 2.81 bits per heavy atom. The minimum Gasteiger partial charge on any atom is -0.495 e. The van der Waals surface area contributed by atoms with Crippen LogP contribution in [-0.4, -0.2) is 52.1 Å². The van der Waals surface area contributed by atoms with Gasteiger partial charge in [-0.1, -0.05) is 24.6 Å². The molecule has 3 rings (SSSR count). The molecule has 2 aromatic rings. The van der Waals surface area contributed by atoms with Crippen LogP contribution < -0.4 is 9.46 Å². The van der Waals surface area contributed by atoms with Crippen LogP contribution in [0.15, 0.2) is 47.4 Å². The molecular formula is C22H27ClN2O5S. The second-order valence-electron chi connectivity index (χ2n) is 7.36. The van der Waals surface area contributed by atoms with Crippen molar-refractivity contribution in [3.8, 4) is 5.75 Å². The second-order valence-corrected chi connectivity index (χ2v) is 9.48. The van der Waals surface area contributed by atoms with E-state index >= 15 is 0 Å². The lowest BCUT2D eigenvalue weighted by Crippen LogP contribution is -2.43. The van der Waals surface area contributed by atoms with E-state index in [0.29, 0.717) is 36.0 Å². The summed E-state index contributed by atoms with van der Waals surface area (Å²) in [6, 6.07) is 10.7. The van der Waals surface area contributed by atoms with E-state index in [1.807, 2.05) is 6.92 Å². The predicted molar refractivity (Wildman–Crippen MR) is 120 cm³/mol. The fourth-order valence-electron chi connectivity index (χ4n) is 3.49. The van der Waals surface area contributed by atoms with Gasteiger partial charge in [0.25, 0.3) is 15.9 Å². The summed E-state index contributed by atoms with van der Waals surface area (Å²) in [6.07, 6.45) is 2.72. The van der Waals surface area contributed by atoms with E-state index in [1.54, 1.807) is 29.2 Å². The first-order valence-electron chi connectivity index (χ1n) is 10.2. The minimum atomic E-state index is -3.96. The van der Waals surface area contributed by atoms with Gasteiger partial charge in [0.05, 0.1) is 23.8 Å². The van der Waals surface area contributed by atoms with Crippen LogP contribution in [0.3, 0.4) is 0 Å². The number of piperidine rings is 1. The van der Waals surface area contributed by atoms with Gasteiger partial charge in [-0.3, -0.25) is 9.52 Å². The average Bonchev–Trinajstić information content (AvgIpc) is 2.77. The molecule has 1 fully saturated rings. The minimum absolute atomic E-state index is 0.0153. The Labute approximate surface area is 188 Å². The fourth-order valence-corrected chi connectivity index (χ4v) is 4.76. The zero-order valence-electron chi connectivity index (χ0n) is 17.6. The molecule has 168 valence electrons. The van der Waals surface area contributed by atoms with Crippen molar-refractivity contribution in [3.63, 3.8) is 0 Å². The Bertz CT molecular complexity index is 1030. The van der Waals surface area contributed by atoms with Gasteiger partial charge in [-0.2, -0.15) is 0 Å². The molecule has 1 unspecified atom stereocenters. The Morgan fingerprint density at radius 2 is 2.06 bits per heavy atom. The Hall–Kier alpha value is -2.29. The van der Waals surface area contributed by atoms with Gasteiger partial charge in [-0.25, -0.2) is 8.42 Å². The van der Waals surface area contributed by atoms with Gasteiger partial charge in [-0.15, -0.1) is 0 Å². The predicted octanol–water partition coefficient (Wildman–Crippen LogP) is 4.18. The lowest BCUT2D eigenvalue weighted by molar-refractivity contribution is 0.00210. The molecule has 1 N–H and O–H groups in total. The van der Waals surface area contributed by atoms with E-state index in [0.717, 1.165) is 19.3 Å². The number of rotatable bonds is 8. The normalized spacial score (nSPS) is 16.7. The van der Waals surface area contributed by atoms with Gasteiger partial charge >= 0.3 is 0 Å². The molecule has 0 aromatic heterocycles. The van der Waals surface area contributed by atoms with Crippen molar-refractivity contribution in [1.29, 1.82) is 0 Å². The monoisotopic (exact) mass is 466 g/mol. The molecule has 1 amide bonds. The quantitative estimate of drug-likeness (QED) is 0.630. The van der Waals surface area contributed by atoms with E-state index in [-0.39, 0.29) is 22.6 Å². The number of sulfonamides is 1. The van der Waals surface area contributed by atoms with Gasteiger partial charge in [0.15, 0.2) is 0 Å². The highest BCUT2D eigenvalue weighted by molar-refractivity contribution is 7.92. The van der Waals surface area contributed by atoms with Gasteiger partial charge < -0.3 is 14.4 Å². The number of hydrogen-bond donors (Lipinski definition) is 1. The number of anilines is 1. The number of likely N-dealkylation sites (tertiary alicyclic amines) is 1. The number of benzene rings is 2. The molecule has 2 aromatic carbocycles. The molecule has 0 saturated carbocycles. The van der Waals surface area contributed by atoms with Crippen molar-refractivity contribution in [3.05, 3.63) is 53.1 Å². The largest absolute Gasteiger partial charge is 0.495 e. The molecule has 1 heterocycles. The molecule has 1 aliphatic rings. The summed E-state index contributed by atoms with van der Waals surface area (Å²) >= 11 is 5.99. The first-order valence-corrected chi connectivity index (χ1v) is 12.1. The molecule has 1 atom stereocenters. The molecule has 0 aliphatic carbocycles. The van der Waals surface area contributed by atoms with Gasteiger partial charge in [0.2, 0.25) is 0 Å². The van der Waals surface area contributed by atoms with Crippen molar-refractivity contribution in [2.24, 2.45) is 0 Å². The van der Waals surface area contributed by atoms with Crippen LogP contribution in [0.2, 0.25) is 5.02 Å². The lowest BCUT2D eigenvalue weighted by atomic mass is 10.1. The van der Waals surface area contributed by atoms with Crippen LogP contribution >= 0.6 is 11.6 Å². The van der Waals surface area contributed by atoms with Crippen LogP contribution in [0.5, 0.6) is 5.75 Å². The molecular weight excluding hydrogens is 440 g/mol. The Morgan fingerprint density at radius 1 is 1.26 bits per heavy atom. The highest BCUT2D eigenvalue weighted by atomic mass is 35.5. The number of halogens is 1. The molecule has 7 nitrogen and oxygen atoms in total. The summed E-state index contributed by atoms with van der Waals surface area (Å²) in [4.78, 5) is 14.7. The zero-order chi connectivity index (χ0) is 22.4. The number of carbonyl (C=O) groups excluding carboxylic acids is 1. The van der Waals surface area contributed by atoms with E-state index < -0.39 is 10.0 Å². The van der Waals surface area contributed by atoms with Crippen LogP contribution in [-0.2, 0) is 14.8 Å². The van der Waals surface area contributed by atoms with E-state index in [4.69, 9.17) is 21.1 Å². The van der Waals surface area contributed by atoms with Crippen LogP contribution in [0.25, 0.3) is 0 Å². The topological polar surface area (TPSA) is 84.9 Å². The SMILES string of the molecule is CCCOC1CCCN(C(=O)c2cccc(S(=O)(=O)Nc3cc(Cl)ccc3OC)c2)C1. The maximum atomic E-state index is 13.0. The number of hydrogen-bond acceptors (Lipinski definition) is 5. The summed E-state index contributed by atoms with van der Waals surface area (Å²) < 4.78 is 39.4. The molecule has 31 heavy (non-hydrogen) atoms. The number of ether oxygens (including phenoxy) is 2. The highest BCUT2D eigenvalue weighted by Crippen LogP contribution is 2.30. The molecule has 0 radical (unpaired) electrons. The number of nitrogens with zero attached hydrogens (tertiary/aromatic N) is 1. The lowest BCUT2D eigenvalue weighted by Gasteiger charge is -2.32. The summed E-state index contributed by atoms with van der Waals surface area (Å²) in [5.74, 6) is 0.133. The standard InChI is InChI=1S/C22H27ClN2O5S/c1-3-12-30-18-7-5-11-25(15-18)22(26)16-6-4-8-19(13-16)31(27,28)24-20-14-17(23)9-10-21(20)29-2/h4,6,8-10,13-14,18,24H,3,5,7,11-12,15H2,1-2H3. The number of nitrogens with one attached hydrogen (secondary N) is 1. The van der Waals surface area contributed by atoms with Crippen molar-refractivity contribution < 1.29 is 22.7 Å². The van der Waals surface area contributed by atoms with E-state index in [9.17, 15) is 13.2 Å². The van der Waals surface area contributed by atoms with Crippen molar-refractivity contribution in [2.45, 2.75) is 37.2 Å². The molecule has 1 saturated heterocycles. The van der Waals surface area contributed by atoms with E-state index in [2.05, 4.69) is 4.72 Å². The number of carbonyl (C=O) groups is 1. The van der Waals surface area contributed by atoms with Gasteiger partial charge in [0.1, 0.15) is 5.75 Å². The third-order valence-corrected chi connectivity index (χ3v) is 6.62. The Kier molecular flexibility index (Phi) is 7.80. The molecule has 9 heteroatoms. The first-order chi connectivity index (χ1) is 14.8. The summed E-state index contributed by atoms with van der Waals surface area (Å²) in [5.41, 5.74) is 0.538. The van der Waals surface area contributed by atoms with Crippen molar-refractivity contribution >= 4 is 33.2 Å². The van der Waals surface area contributed by atoms with E-state index in [1.165, 1.54) is 25.3 Å². The van der Waals surface area contributed by atoms with Crippen molar-refractivity contribution in [1.82, 2.24) is 4.90 Å². The Balaban J connectivity index is 1.79. The highest BCUT2D eigenvalue weighted by Gasteiger charge is 2.26. The summed E-state index contributed by atoms with van der Waals surface area (Å²) in [7, 11) is -2.52. The maximum Gasteiger partial charge on any atom is 0.262 e. The second kappa shape index (κ2) is 10.3. The van der Waals surface area contributed by atoms with Crippen LogP contribution in [0.1, 0.15) is 36.5 Å². The molecule has 0 spiro atoms. The van der Waals surface area contributed by atoms with Gasteiger partial charge in [0, 0.05) is 30.3 Å². The maximum absolute atomic E-state index is 13.0. The average molecular weight is 467 g/mol. The number of methoxy groups -OCH3 is 1. The third-order valence-electron chi connectivity index (χ3n) is 5.02. The van der Waals surface area contributed by atoms with Gasteiger partial charge in [-0.05, 0) is 55.7 Å². The molecule has 0 bridgehead atoms. The smallest absolute Gasteiger partial charge is 0.262 e. The third kappa shape index (κ3) is 5.90. The summed E-state index contributed by atoms with van der Waals surface area (Å²) in [5, 5.41) is 0.368. The van der Waals surface area contributed by atoms with Crippen molar-refractivity contribution in [2.75, 3.05) is 31.5 Å². The fraction of sp³-hybridized carbons (Fsp3) is 0.409. The first kappa shape index (κ1) is 23.4. The molecule has 1 aliphatic heterocycles. The zero-order valence-corrected chi connectivity index (χ0v) is 19.2. The van der Waals surface area contributed by atoms with Crippen LogP contribution in [0.4, 0.5) is 5.69 Å².